The zero-order chi connectivity index (χ0) is 16.3. The summed E-state index contributed by atoms with van der Waals surface area (Å²) >= 11 is 5.66. The van der Waals surface area contributed by atoms with Crippen LogP contribution >= 0.6 is 11.6 Å². The molecule has 0 aliphatic heterocycles. The molecule has 1 atom stereocenters. The second-order valence-electron chi connectivity index (χ2n) is 5.35. The van der Waals surface area contributed by atoms with E-state index in [1.165, 1.54) is 12.1 Å². The lowest BCUT2D eigenvalue weighted by Crippen LogP contribution is -2.24. The Balaban J connectivity index is 2.14. The Morgan fingerprint density at radius 1 is 1.18 bits per heavy atom. The van der Waals surface area contributed by atoms with Crippen LogP contribution in [0.2, 0.25) is 5.02 Å². The van der Waals surface area contributed by atoms with Crippen molar-refractivity contribution < 1.29 is 14.6 Å². The molecule has 0 saturated heterocycles. The van der Waals surface area contributed by atoms with E-state index in [-0.39, 0.29) is 17.4 Å². The summed E-state index contributed by atoms with van der Waals surface area (Å²) in [5.74, 6) is -0.317. The van der Waals surface area contributed by atoms with Gasteiger partial charge in [-0.25, -0.2) is 4.39 Å². The van der Waals surface area contributed by atoms with Gasteiger partial charge in [0, 0.05) is 12.1 Å². The Morgan fingerprint density at radius 2 is 1.86 bits per heavy atom. The average molecular weight is 324 g/mol. The molecule has 0 aliphatic carbocycles. The van der Waals surface area contributed by atoms with E-state index in [4.69, 9.17) is 11.6 Å². The van der Waals surface area contributed by atoms with E-state index in [1.54, 1.807) is 12.1 Å². The number of aliphatic hydroxyl groups is 1. The molecule has 5 heteroatoms. The number of rotatable bonds is 5. The van der Waals surface area contributed by atoms with Crippen molar-refractivity contribution in [2.45, 2.75) is 26.4 Å². The molecule has 0 radical (unpaired) electrons. The summed E-state index contributed by atoms with van der Waals surface area (Å²) in [5, 5.41) is 22.6. The van der Waals surface area contributed by atoms with E-state index in [2.05, 4.69) is 5.32 Å². The lowest BCUT2D eigenvalue weighted by molar-refractivity contribution is 0.243. The predicted octanol–water partition coefficient (Wildman–Crippen LogP) is 3.62. The van der Waals surface area contributed by atoms with E-state index < -0.39 is 11.9 Å². The first-order chi connectivity index (χ1) is 10.4. The number of phenols is 1. The minimum Gasteiger partial charge on any atom is -0.508 e. The fourth-order valence-corrected chi connectivity index (χ4v) is 2.37. The van der Waals surface area contributed by atoms with Gasteiger partial charge in [0.15, 0.2) is 0 Å². The molecule has 0 bridgehead atoms. The van der Waals surface area contributed by atoms with Crippen molar-refractivity contribution in [2.24, 2.45) is 0 Å². The van der Waals surface area contributed by atoms with Crippen molar-refractivity contribution in [1.29, 1.82) is 0 Å². The van der Waals surface area contributed by atoms with E-state index in [0.29, 0.717) is 12.1 Å². The van der Waals surface area contributed by atoms with Crippen LogP contribution in [0.4, 0.5) is 4.39 Å². The Labute approximate surface area is 134 Å². The maximum atomic E-state index is 13.5. The first-order valence-electron chi connectivity index (χ1n) is 7.00. The molecular weight excluding hydrogens is 305 g/mol. The SMILES string of the molecule is Cc1cc(O)c(CNC(CO)c2ccc(Cl)c(F)c2)cc1C. The molecule has 0 saturated carbocycles. The van der Waals surface area contributed by atoms with Crippen molar-refractivity contribution in [1.82, 2.24) is 5.32 Å². The van der Waals surface area contributed by atoms with Crippen molar-refractivity contribution in [3.8, 4) is 5.75 Å². The zero-order valence-corrected chi connectivity index (χ0v) is 13.3. The summed E-state index contributed by atoms with van der Waals surface area (Å²) in [4.78, 5) is 0. The third-order valence-electron chi connectivity index (χ3n) is 3.76. The third-order valence-corrected chi connectivity index (χ3v) is 4.07. The normalized spacial score (nSPS) is 12.4. The standard InChI is InChI=1S/C17H19ClFNO2/c1-10-5-13(17(22)6-11(10)2)8-20-16(9-21)12-3-4-14(18)15(19)7-12/h3-7,16,20-22H,8-9H2,1-2H3. The summed E-state index contributed by atoms with van der Waals surface area (Å²) in [5.41, 5.74) is 3.43. The number of phenolic OH excluding ortho intramolecular Hbond substituents is 1. The summed E-state index contributed by atoms with van der Waals surface area (Å²) in [6.07, 6.45) is 0. The largest absolute Gasteiger partial charge is 0.508 e. The minimum absolute atomic E-state index is 0.0484. The summed E-state index contributed by atoms with van der Waals surface area (Å²) in [6, 6.07) is 7.60. The van der Waals surface area contributed by atoms with Crippen molar-refractivity contribution in [2.75, 3.05) is 6.61 Å². The number of hydrogen-bond donors (Lipinski definition) is 3. The topological polar surface area (TPSA) is 52.5 Å². The first-order valence-corrected chi connectivity index (χ1v) is 7.38. The fraction of sp³-hybridized carbons (Fsp3) is 0.294. The number of hydrogen-bond acceptors (Lipinski definition) is 3. The Morgan fingerprint density at radius 3 is 2.50 bits per heavy atom. The third kappa shape index (κ3) is 3.77. The molecule has 2 aromatic carbocycles. The molecule has 0 heterocycles. The molecule has 118 valence electrons. The molecular formula is C17H19ClFNO2. The van der Waals surface area contributed by atoms with Gasteiger partial charge >= 0.3 is 0 Å². The Kier molecular flexibility index (Phi) is 5.40. The highest BCUT2D eigenvalue weighted by molar-refractivity contribution is 6.30. The highest BCUT2D eigenvalue weighted by atomic mass is 35.5. The monoisotopic (exact) mass is 323 g/mol. The minimum atomic E-state index is -0.520. The highest BCUT2D eigenvalue weighted by Gasteiger charge is 2.13. The van der Waals surface area contributed by atoms with E-state index in [0.717, 1.165) is 16.7 Å². The molecule has 3 N–H and O–H groups in total. The van der Waals surface area contributed by atoms with Gasteiger partial charge in [0.1, 0.15) is 11.6 Å². The van der Waals surface area contributed by atoms with Gasteiger partial charge in [-0.1, -0.05) is 23.7 Å². The smallest absolute Gasteiger partial charge is 0.142 e. The number of aryl methyl sites for hydroxylation is 2. The van der Waals surface area contributed by atoms with E-state index in [1.807, 2.05) is 19.9 Å². The van der Waals surface area contributed by atoms with Gasteiger partial charge in [0.05, 0.1) is 17.7 Å². The molecule has 0 amide bonds. The van der Waals surface area contributed by atoms with Crippen molar-refractivity contribution in [3.63, 3.8) is 0 Å². The number of aromatic hydroxyl groups is 1. The van der Waals surface area contributed by atoms with Gasteiger partial charge < -0.3 is 15.5 Å². The molecule has 0 spiro atoms. The van der Waals surface area contributed by atoms with Crippen LogP contribution < -0.4 is 5.32 Å². The van der Waals surface area contributed by atoms with Crippen LogP contribution in [0.1, 0.15) is 28.3 Å². The van der Waals surface area contributed by atoms with Crippen LogP contribution in [-0.4, -0.2) is 16.8 Å². The molecule has 0 aromatic heterocycles. The number of halogens is 2. The molecule has 22 heavy (non-hydrogen) atoms. The van der Waals surface area contributed by atoms with Gasteiger partial charge in [-0.05, 0) is 48.7 Å². The predicted molar refractivity (Wildman–Crippen MR) is 85.7 cm³/mol. The quantitative estimate of drug-likeness (QED) is 0.787. The number of nitrogens with one attached hydrogen (secondary N) is 1. The molecule has 2 aromatic rings. The lowest BCUT2D eigenvalue weighted by Gasteiger charge is -2.18. The summed E-state index contributed by atoms with van der Waals surface area (Å²) < 4.78 is 13.5. The molecule has 0 aliphatic rings. The van der Waals surface area contributed by atoms with Crippen molar-refractivity contribution in [3.05, 3.63) is 63.4 Å². The van der Waals surface area contributed by atoms with E-state index >= 15 is 0 Å². The average Bonchev–Trinajstić information content (AvgIpc) is 2.48. The summed E-state index contributed by atoms with van der Waals surface area (Å²) in [7, 11) is 0. The second-order valence-corrected chi connectivity index (χ2v) is 5.76. The fourth-order valence-electron chi connectivity index (χ4n) is 2.25. The van der Waals surface area contributed by atoms with Gasteiger partial charge in [-0.2, -0.15) is 0 Å². The molecule has 0 fully saturated rings. The highest BCUT2D eigenvalue weighted by Crippen LogP contribution is 2.24. The van der Waals surface area contributed by atoms with Crippen LogP contribution in [-0.2, 0) is 6.54 Å². The summed E-state index contributed by atoms with van der Waals surface area (Å²) in [6.45, 7) is 4.07. The molecule has 2 rings (SSSR count). The van der Waals surface area contributed by atoms with Crippen LogP contribution in [0.25, 0.3) is 0 Å². The van der Waals surface area contributed by atoms with Gasteiger partial charge in [0.25, 0.3) is 0 Å². The van der Waals surface area contributed by atoms with Crippen LogP contribution in [0.5, 0.6) is 5.75 Å². The van der Waals surface area contributed by atoms with E-state index in [9.17, 15) is 14.6 Å². The van der Waals surface area contributed by atoms with Gasteiger partial charge in [-0.3, -0.25) is 0 Å². The molecule has 1 unspecified atom stereocenters. The number of aliphatic hydroxyl groups excluding tert-OH is 1. The zero-order valence-electron chi connectivity index (χ0n) is 12.5. The maximum absolute atomic E-state index is 13.5. The second kappa shape index (κ2) is 7.09. The Hall–Kier alpha value is -1.62. The first kappa shape index (κ1) is 16.7. The lowest BCUT2D eigenvalue weighted by atomic mass is 10.0. The van der Waals surface area contributed by atoms with Crippen LogP contribution in [0, 0.1) is 19.7 Å². The van der Waals surface area contributed by atoms with Crippen LogP contribution in [0.15, 0.2) is 30.3 Å². The maximum Gasteiger partial charge on any atom is 0.142 e. The number of benzene rings is 2. The molecule has 3 nitrogen and oxygen atoms in total. The van der Waals surface area contributed by atoms with Crippen molar-refractivity contribution >= 4 is 11.6 Å². The van der Waals surface area contributed by atoms with Gasteiger partial charge in [-0.15, -0.1) is 0 Å². The Bertz CT molecular complexity index is 676. The van der Waals surface area contributed by atoms with Crippen LogP contribution in [0.3, 0.4) is 0 Å². The van der Waals surface area contributed by atoms with Gasteiger partial charge in [0.2, 0.25) is 0 Å².